The number of nitrogens with zero attached hydrogens (tertiary/aromatic N) is 7. The maximum absolute atomic E-state index is 11.7. The second-order valence-electron chi connectivity index (χ2n) is 11.0. The average molecular weight is 655 g/mol. The molecule has 11 heteroatoms. The van der Waals surface area contributed by atoms with E-state index in [0.29, 0.717) is 34.8 Å². The van der Waals surface area contributed by atoms with E-state index in [2.05, 4.69) is 73.0 Å². The molecule has 5 aromatic carbocycles. The van der Waals surface area contributed by atoms with Crippen LogP contribution in [-0.4, -0.2) is 23.6 Å². The Kier molecular flexibility index (Phi) is 10.3. The highest BCUT2D eigenvalue weighted by Crippen LogP contribution is 2.37. The van der Waals surface area contributed by atoms with Crippen LogP contribution >= 0.6 is 11.3 Å². The van der Waals surface area contributed by atoms with E-state index < -0.39 is 0 Å². The monoisotopic (exact) mass is 654 g/mol. The van der Waals surface area contributed by atoms with E-state index in [9.17, 15) is 4.79 Å². The zero-order valence-electron chi connectivity index (χ0n) is 26.9. The minimum atomic E-state index is -0.314. The molecule has 240 valence electrons. The van der Waals surface area contributed by atoms with E-state index in [1.807, 2.05) is 78.9 Å². The molecule has 10 nitrogen and oxygen atoms in total. The van der Waals surface area contributed by atoms with Crippen LogP contribution in [0, 0.1) is 0 Å². The lowest BCUT2D eigenvalue weighted by Crippen LogP contribution is -2.13. The van der Waals surface area contributed by atoms with E-state index in [1.54, 1.807) is 12.3 Å². The van der Waals surface area contributed by atoms with Crippen molar-refractivity contribution in [3.8, 4) is 0 Å². The number of fused-ring (bicyclic) bond motifs is 2. The Bertz CT molecular complexity index is 2140. The molecule has 48 heavy (non-hydrogen) atoms. The van der Waals surface area contributed by atoms with Crippen molar-refractivity contribution in [2.45, 2.75) is 39.7 Å². The molecule has 1 heterocycles. The van der Waals surface area contributed by atoms with Crippen LogP contribution in [0.2, 0.25) is 0 Å². The molecule has 0 radical (unpaired) electrons. The van der Waals surface area contributed by atoms with Gasteiger partial charge in [0.15, 0.2) is 0 Å². The van der Waals surface area contributed by atoms with Crippen molar-refractivity contribution in [1.82, 2.24) is 4.98 Å². The third kappa shape index (κ3) is 7.81. The molecule has 0 saturated heterocycles. The van der Waals surface area contributed by atoms with Gasteiger partial charge in [0.05, 0.1) is 47.2 Å². The lowest BCUT2D eigenvalue weighted by atomic mass is 10.1. The maximum atomic E-state index is 11.7. The fourth-order valence-electron chi connectivity index (χ4n) is 4.99. The second kappa shape index (κ2) is 15.3. The lowest BCUT2D eigenvalue weighted by molar-refractivity contribution is -0.142. The van der Waals surface area contributed by atoms with Crippen LogP contribution in [0.1, 0.15) is 32.9 Å². The highest BCUT2D eigenvalue weighted by atomic mass is 32.1. The van der Waals surface area contributed by atoms with Crippen LogP contribution in [-0.2, 0) is 16.0 Å². The van der Waals surface area contributed by atoms with Crippen molar-refractivity contribution < 1.29 is 9.53 Å². The van der Waals surface area contributed by atoms with Crippen molar-refractivity contribution in [2.24, 2.45) is 30.7 Å². The summed E-state index contributed by atoms with van der Waals surface area (Å²) in [5.74, 6) is -0.314. The molecule has 1 N–H and O–H groups in total. The molecule has 0 spiro atoms. The SMILES string of the molecule is CCOC(=O)Cc1csc(N=Nc2ccc(N=Nc3ccc(N=Nc4ccc(NC(C)CC)c5ccccc45)c4ccccc34)cc2)n1. The number of thiazole rings is 1. The van der Waals surface area contributed by atoms with Crippen molar-refractivity contribution in [3.63, 3.8) is 0 Å². The highest BCUT2D eigenvalue weighted by Gasteiger charge is 2.10. The zero-order chi connectivity index (χ0) is 33.3. The molecular weight excluding hydrogens is 621 g/mol. The van der Waals surface area contributed by atoms with Crippen LogP contribution in [0.3, 0.4) is 0 Å². The number of azo groups is 3. The predicted octanol–water partition coefficient (Wildman–Crippen LogP) is 12.0. The van der Waals surface area contributed by atoms with Crippen LogP contribution in [0.4, 0.5) is 39.3 Å². The summed E-state index contributed by atoms with van der Waals surface area (Å²) in [6, 6.07) is 31.8. The Morgan fingerprint density at radius 1 is 0.708 bits per heavy atom. The van der Waals surface area contributed by atoms with Gasteiger partial charge >= 0.3 is 5.97 Å². The van der Waals surface area contributed by atoms with Crippen molar-refractivity contribution in [2.75, 3.05) is 11.9 Å². The van der Waals surface area contributed by atoms with Gasteiger partial charge in [-0.2, -0.15) is 5.11 Å². The lowest BCUT2D eigenvalue weighted by Gasteiger charge is -2.15. The molecule has 0 aliphatic rings. The summed E-state index contributed by atoms with van der Waals surface area (Å²) in [5, 5.41) is 36.7. The summed E-state index contributed by atoms with van der Waals surface area (Å²) in [5.41, 5.74) is 5.30. The molecule has 0 saturated carbocycles. The second-order valence-corrected chi connectivity index (χ2v) is 11.8. The summed E-state index contributed by atoms with van der Waals surface area (Å²) in [6.07, 6.45) is 1.15. The number of rotatable bonds is 12. The molecular formula is C37H34N8O2S. The Balaban J connectivity index is 1.17. The summed E-state index contributed by atoms with van der Waals surface area (Å²) in [7, 11) is 0. The number of esters is 1. The molecule has 1 atom stereocenters. The van der Waals surface area contributed by atoms with Crippen molar-refractivity contribution in [1.29, 1.82) is 0 Å². The smallest absolute Gasteiger partial charge is 0.311 e. The standard InChI is InChI=1S/C37H34N8O2S/c1-4-24(3)38-32-18-19-34(29-11-7-6-10-28(29)32)43-44-35-21-20-33(30-12-8-9-13-31(30)35)42-40-25-14-16-26(17-15-25)41-45-37-39-27(23-48-37)22-36(46)47-5-2/h6-21,23-24,38H,4-5,22H2,1-3H3. The van der Waals surface area contributed by atoms with E-state index in [1.165, 1.54) is 11.3 Å². The molecule has 0 amide bonds. The first kappa shape index (κ1) is 32.3. The first-order valence-corrected chi connectivity index (χ1v) is 16.6. The van der Waals surface area contributed by atoms with Gasteiger partial charge in [-0.15, -0.1) is 36.9 Å². The molecule has 0 aliphatic heterocycles. The van der Waals surface area contributed by atoms with E-state index >= 15 is 0 Å². The average Bonchev–Trinajstić information content (AvgIpc) is 3.57. The molecule has 0 aliphatic carbocycles. The van der Waals surface area contributed by atoms with Crippen LogP contribution < -0.4 is 5.32 Å². The number of nitrogens with one attached hydrogen (secondary N) is 1. The third-order valence-corrected chi connectivity index (χ3v) is 8.38. The molecule has 0 fully saturated rings. The predicted molar refractivity (Wildman–Crippen MR) is 193 cm³/mol. The quantitative estimate of drug-likeness (QED) is 0.104. The maximum Gasteiger partial charge on any atom is 0.311 e. The van der Waals surface area contributed by atoms with Crippen LogP contribution in [0.5, 0.6) is 0 Å². The third-order valence-electron chi connectivity index (χ3n) is 7.60. The number of carbonyl (C=O) groups excluding carboxylic acids is 1. The van der Waals surface area contributed by atoms with Gasteiger partial charge in [0.25, 0.3) is 0 Å². The Morgan fingerprint density at radius 2 is 1.23 bits per heavy atom. The minimum absolute atomic E-state index is 0.115. The van der Waals surface area contributed by atoms with E-state index in [0.717, 1.165) is 50.7 Å². The van der Waals surface area contributed by atoms with Crippen LogP contribution in [0.25, 0.3) is 21.5 Å². The van der Waals surface area contributed by atoms with E-state index in [-0.39, 0.29) is 12.4 Å². The van der Waals surface area contributed by atoms with Gasteiger partial charge in [0, 0.05) is 38.7 Å². The first-order valence-electron chi connectivity index (χ1n) is 15.8. The molecule has 1 aromatic heterocycles. The number of aromatic nitrogens is 1. The Hall–Kier alpha value is -5.68. The number of anilines is 1. The number of ether oxygens (including phenoxy) is 1. The first-order chi connectivity index (χ1) is 23.5. The van der Waals surface area contributed by atoms with Gasteiger partial charge in [0.2, 0.25) is 5.13 Å². The topological polar surface area (TPSA) is 125 Å². The number of hydrogen-bond donors (Lipinski definition) is 1. The molecule has 0 bridgehead atoms. The van der Waals surface area contributed by atoms with Gasteiger partial charge in [-0.3, -0.25) is 4.79 Å². The zero-order valence-corrected chi connectivity index (χ0v) is 27.7. The Labute approximate surface area is 282 Å². The fourth-order valence-corrected chi connectivity index (χ4v) is 5.63. The highest BCUT2D eigenvalue weighted by molar-refractivity contribution is 7.13. The Morgan fingerprint density at radius 3 is 1.81 bits per heavy atom. The molecule has 6 aromatic rings. The van der Waals surface area contributed by atoms with Gasteiger partial charge < -0.3 is 10.1 Å². The molecule has 6 rings (SSSR count). The van der Waals surface area contributed by atoms with Gasteiger partial charge in [-0.1, -0.05) is 55.5 Å². The summed E-state index contributed by atoms with van der Waals surface area (Å²) < 4.78 is 4.97. The fraction of sp³-hybridized carbons (Fsp3) is 0.189. The van der Waals surface area contributed by atoms with E-state index in [4.69, 9.17) is 4.74 Å². The number of benzene rings is 5. The minimum Gasteiger partial charge on any atom is -0.466 e. The summed E-state index contributed by atoms with van der Waals surface area (Å²) >= 11 is 1.32. The molecule has 1 unspecified atom stereocenters. The van der Waals surface area contributed by atoms with Gasteiger partial charge in [-0.25, -0.2) is 4.98 Å². The normalized spacial score (nSPS) is 12.5. The van der Waals surface area contributed by atoms with Crippen molar-refractivity contribution >= 4 is 78.1 Å². The number of hydrogen-bond acceptors (Lipinski definition) is 11. The van der Waals surface area contributed by atoms with Gasteiger partial charge in [-0.05, 0) is 68.8 Å². The van der Waals surface area contributed by atoms with Crippen molar-refractivity contribution in [3.05, 3.63) is 108 Å². The summed E-state index contributed by atoms with van der Waals surface area (Å²) in [4.78, 5) is 16.0. The van der Waals surface area contributed by atoms with Crippen LogP contribution in [0.15, 0.2) is 133 Å². The largest absolute Gasteiger partial charge is 0.466 e. The number of carbonyl (C=O) groups is 1. The van der Waals surface area contributed by atoms with Gasteiger partial charge in [0.1, 0.15) is 0 Å². The summed E-state index contributed by atoms with van der Waals surface area (Å²) in [6.45, 7) is 6.46.